The fourth-order valence-corrected chi connectivity index (χ4v) is 4.40. The van der Waals surface area contributed by atoms with Gasteiger partial charge in [-0.3, -0.25) is 9.59 Å². The highest BCUT2D eigenvalue weighted by atomic mass is 32.1. The van der Waals surface area contributed by atoms with Crippen LogP contribution in [-0.2, 0) is 9.59 Å². The van der Waals surface area contributed by atoms with E-state index < -0.39 is 17.7 Å². The van der Waals surface area contributed by atoms with Gasteiger partial charge in [0.2, 0.25) is 0 Å². The van der Waals surface area contributed by atoms with Gasteiger partial charge in [0.05, 0.1) is 17.7 Å². The van der Waals surface area contributed by atoms with Crippen molar-refractivity contribution in [2.75, 3.05) is 27.2 Å². The lowest BCUT2D eigenvalue weighted by Gasteiger charge is -2.24. The van der Waals surface area contributed by atoms with Crippen molar-refractivity contribution >= 4 is 28.8 Å². The van der Waals surface area contributed by atoms with Gasteiger partial charge in [0.1, 0.15) is 11.5 Å². The van der Waals surface area contributed by atoms with E-state index in [4.69, 9.17) is 4.74 Å². The quantitative estimate of drug-likeness (QED) is 0.392. The van der Waals surface area contributed by atoms with Crippen LogP contribution in [0.25, 0.3) is 5.76 Å². The highest BCUT2D eigenvalue weighted by Gasteiger charge is 2.46. The minimum absolute atomic E-state index is 0.0178. The standard InChI is InChI=1S/C23H28N2O4S/c1-15(2)29-17-9-5-8-16(14-17)21(26)19-20(18-10-6-13-30-18)25(23(28)22(19)27)12-7-11-24(3)4/h5-6,8-10,13-15,20,26H,7,11-12H2,1-4H3/b21-19-. The molecule has 0 spiro atoms. The molecule has 1 aliphatic rings. The first-order valence-electron chi connectivity index (χ1n) is 10.0. The molecule has 2 aromatic rings. The number of benzene rings is 1. The Kier molecular flexibility index (Phi) is 6.95. The second-order valence-corrected chi connectivity index (χ2v) is 8.84. The molecule has 0 radical (unpaired) electrons. The van der Waals surface area contributed by atoms with Crippen molar-refractivity contribution in [3.8, 4) is 5.75 Å². The number of aliphatic hydroxyl groups is 1. The van der Waals surface area contributed by atoms with E-state index in [1.165, 1.54) is 11.3 Å². The maximum absolute atomic E-state index is 12.9. The summed E-state index contributed by atoms with van der Waals surface area (Å²) < 4.78 is 5.71. The number of carbonyl (C=O) groups is 2. The Morgan fingerprint density at radius 2 is 2.00 bits per heavy atom. The molecule has 0 saturated carbocycles. The number of thiophene rings is 1. The number of ether oxygens (including phenoxy) is 1. The summed E-state index contributed by atoms with van der Waals surface area (Å²) in [6.45, 7) is 5.08. The molecule has 0 bridgehead atoms. The van der Waals surface area contributed by atoms with Crippen molar-refractivity contribution in [1.82, 2.24) is 9.80 Å². The zero-order chi connectivity index (χ0) is 21.8. The lowest BCUT2D eigenvalue weighted by molar-refractivity contribution is -0.139. The zero-order valence-electron chi connectivity index (χ0n) is 17.8. The van der Waals surface area contributed by atoms with Crippen LogP contribution in [0, 0.1) is 0 Å². The number of Topliss-reactive ketones (excluding diaryl/α,β-unsaturated/α-hetero) is 1. The third-order valence-corrected chi connectivity index (χ3v) is 5.76. The molecule has 1 atom stereocenters. The molecule has 7 heteroatoms. The normalized spacial score (nSPS) is 18.6. The van der Waals surface area contributed by atoms with E-state index in [0.717, 1.165) is 17.8 Å². The largest absolute Gasteiger partial charge is 0.507 e. The molecule has 30 heavy (non-hydrogen) atoms. The van der Waals surface area contributed by atoms with Crippen LogP contribution in [0.5, 0.6) is 5.75 Å². The average Bonchev–Trinajstić information content (AvgIpc) is 3.29. The molecule has 1 unspecified atom stereocenters. The van der Waals surface area contributed by atoms with Gasteiger partial charge in [-0.15, -0.1) is 11.3 Å². The number of ketones is 1. The summed E-state index contributed by atoms with van der Waals surface area (Å²) >= 11 is 1.47. The van der Waals surface area contributed by atoms with Crippen LogP contribution in [-0.4, -0.2) is 59.9 Å². The maximum atomic E-state index is 12.9. The Morgan fingerprint density at radius 1 is 1.23 bits per heavy atom. The Hall–Kier alpha value is -2.64. The van der Waals surface area contributed by atoms with Crippen LogP contribution in [0.2, 0.25) is 0 Å². The first kappa shape index (κ1) is 22.1. The molecule has 6 nitrogen and oxygen atoms in total. The van der Waals surface area contributed by atoms with Crippen LogP contribution in [0.4, 0.5) is 0 Å². The minimum Gasteiger partial charge on any atom is -0.507 e. The van der Waals surface area contributed by atoms with Crippen molar-refractivity contribution in [2.45, 2.75) is 32.4 Å². The summed E-state index contributed by atoms with van der Waals surface area (Å²) in [4.78, 5) is 30.3. The highest BCUT2D eigenvalue weighted by molar-refractivity contribution is 7.10. The molecule has 1 aliphatic heterocycles. The van der Waals surface area contributed by atoms with Gasteiger partial charge in [0, 0.05) is 17.0 Å². The van der Waals surface area contributed by atoms with Gasteiger partial charge in [-0.05, 0) is 64.5 Å². The summed E-state index contributed by atoms with van der Waals surface area (Å²) in [5, 5.41) is 13.0. The Balaban J connectivity index is 2.02. The van der Waals surface area contributed by atoms with Crippen LogP contribution in [0.3, 0.4) is 0 Å². The molecular weight excluding hydrogens is 400 g/mol. The summed E-state index contributed by atoms with van der Waals surface area (Å²) in [5.74, 6) is -0.785. The van der Waals surface area contributed by atoms with Crippen molar-refractivity contribution in [3.63, 3.8) is 0 Å². The van der Waals surface area contributed by atoms with E-state index in [1.54, 1.807) is 29.2 Å². The topological polar surface area (TPSA) is 70.1 Å². The average molecular weight is 429 g/mol. The second kappa shape index (κ2) is 9.45. The fourth-order valence-electron chi connectivity index (χ4n) is 3.55. The number of amides is 1. The van der Waals surface area contributed by atoms with Gasteiger partial charge >= 0.3 is 0 Å². The molecule has 160 valence electrons. The Morgan fingerprint density at radius 3 is 2.63 bits per heavy atom. The van der Waals surface area contributed by atoms with Crippen LogP contribution in [0.15, 0.2) is 47.4 Å². The monoisotopic (exact) mass is 428 g/mol. The number of aliphatic hydroxyl groups excluding tert-OH is 1. The molecule has 1 aromatic heterocycles. The lowest BCUT2D eigenvalue weighted by atomic mass is 9.99. The van der Waals surface area contributed by atoms with E-state index in [-0.39, 0.29) is 17.4 Å². The van der Waals surface area contributed by atoms with Crippen LogP contribution in [0.1, 0.15) is 36.8 Å². The number of rotatable bonds is 8. The number of nitrogens with zero attached hydrogens (tertiary/aromatic N) is 2. The van der Waals surface area contributed by atoms with Gasteiger partial charge in [0.25, 0.3) is 11.7 Å². The van der Waals surface area contributed by atoms with Crippen molar-refractivity contribution in [2.24, 2.45) is 0 Å². The Labute approximate surface area is 181 Å². The van der Waals surface area contributed by atoms with E-state index in [2.05, 4.69) is 0 Å². The van der Waals surface area contributed by atoms with Gasteiger partial charge < -0.3 is 19.6 Å². The zero-order valence-corrected chi connectivity index (χ0v) is 18.6. The van der Waals surface area contributed by atoms with Gasteiger partial charge in [-0.2, -0.15) is 0 Å². The highest BCUT2D eigenvalue weighted by Crippen LogP contribution is 2.41. The molecule has 0 aliphatic carbocycles. The molecule has 3 rings (SSSR count). The maximum Gasteiger partial charge on any atom is 0.295 e. The minimum atomic E-state index is -0.647. The van der Waals surface area contributed by atoms with Crippen molar-refractivity contribution in [3.05, 3.63) is 57.8 Å². The molecule has 1 N–H and O–H groups in total. The third kappa shape index (κ3) is 4.74. The van der Waals surface area contributed by atoms with E-state index >= 15 is 0 Å². The van der Waals surface area contributed by atoms with E-state index in [0.29, 0.717) is 17.9 Å². The summed E-state index contributed by atoms with van der Waals surface area (Å²) in [5.41, 5.74) is 0.593. The van der Waals surface area contributed by atoms with Crippen molar-refractivity contribution < 1.29 is 19.4 Å². The van der Waals surface area contributed by atoms with Crippen LogP contribution >= 0.6 is 11.3 Å². The third-order valence-electron chi connectivity index (χ3n) is 4.84. The van der Waals surface area contributed by atoms with Gasteiger partial charge in [-0.1, -0.05) is 18.2 Å². The van der Waals surface area contributed by atoms with Crippen molar-refractivity contribution in [1.29, 1.82) is 0 Å². The summed E-state index contributed by atoms with van der Waals surface area (Å²) in [7, 11) is 3.94. The Bertz CT molecular complexity index is 934. The number of hydrogen-bond donors (Lipinski definition) is 1. The van der Waals surface area contributed by atoms with E-state index in [1.807, 2.05) is 50.4 Å². The first-order valence-corrected chi connectivity index (χ1v) is 10.9. The molecular formula is C23H28N2O4S. The molecule has 1 fully saturated rings. The van der Waals surface area contributed by atoms with E-state index in [9.17, 15) is 14.7 Å². The van der Waals surface area contributed by atoms with Gasteiger partial charge in [-0.25, -0.2) is 0 Å². The van der Waals surface area contributed by atoms with Crippen LogP contribution < -0.4 is 4.74 Å². The fraction of sp³-hybridized carbons (Fsp3) is 0.391. The molecule has 1 saturated heterocycles. The number of hydrogen-bond acceptors (Lipinski definition) is 6. The summed E-state index contributed by atoms with van der Waals surface area (Å²) in [6.07, 6.45) is 0.718. The van der Waals surface area contributed by atoms with Gasteiger partial charge in [0.15, 0.2) is 0 Å². The molecule has 2 heterocycles. The predicted molar refractivity (Wildman–Crippen MR) is 119 cm³/mol. The predicted octanol–water partition coefficient (Wildman–Crippen LogP) is 3.91. The SMILES string of the molecule is CC(C)Oc1cccc(/C(O)=C2/C(=O)C(=O)N(CCCN(C)C)C2c2cccs2)c1. The first-order chi connectivity index (χ1) is 14.3. The smallest absolute Gasteiger partial charge is 0.295 e. The second-order valence-electron chi connectivity index (χ2n) is 7.86. The number of likely N-dealkylation sites (tertiary alicyclic amines) is 1. The molecule has 1 amide bonds. The lowest BCUT2D eigenvalue weighted by Crippen LogP contribution is -2.32. The molecule has 1 aromatic carbocycles. The number of carbonyl (C=O) groups excluding carboxylic acids is 2. The summed E-state index contributed by atoms with van der Waals surface area (Å²) in [6, 6.07) is 10.2.